The van der Waals surface area contributed by atoms with Crippen molar-refractivity contribution in [2.45, 2.75) is 64.5 Å². The van der Waals surface area contributed by atoms with E-state index in [0.717, 1.165) is 25.7 Å². The first-order valence-corrected chi connectivity index (χ1v) is 7.28. The van der Waals surface area contributed by atoms with Crippen molar-refractivity contribution >= 4 is 17.9 Å². The van der Waals surface area contributed by atoms with Crippen molar-refractivity contribution in [2.75, 3.05) is 0 Å². The minimum atomic E-state index is -1.17. The summed E-state index contributed by atoms with van der Waals surface area (Å²) in [5.41, 5.74) is 5.18. The molecule has 0 heterocycles. The molecule has 1 rings (SSSR count). The van der Waals surface area contributed by atoms with E-state index < -0.39 is 23.9 Å². The number of hydrogen-bond donors (Lipinski definition) is 4. The fraction of sp³-hybridized carbons (Fsp3) is 0.786. The Morgan fingerprint density at radius 3 is 2.57 bits per heavy atom. The Labute approximate surface area is 124 Å². The quantitative estimate of drug-likeness (QED) is 0.584. The predicted octanol–water partition coefficient (Wildman–Crippen LogP) is 0.973. The highest BCUT2D eigenvalue weighted by atomic mass is 16.4. The van der Waals surface area contributed by atoms with E-state index in [4.69, 9.17) is 10.8 Å². The van der Waals surface area contributed by atoms with Gasteiger partial charge in [0.1, 0.15) is 6.04 Å². The van der Waals surface area contributed by atoms with Crippen LogP contribution in [0, 0.1) is 5.41 Å². The SMILES string of the molecule is CC1(C)CCCC(NC(=O)NC(CCC(N)=O)C(=O)O)C1. The average molecular weight is 299 g/mol. The number of hydrogen-bond acceptors (Lipinski definition) is 3. The summed E-state index contributed by atoms with van der Waals surface area (Å²) >= 11 is 0. The van der Waals surface area contributed by atoms with Gasteiger partial charge in [-0.15, -0.1) is 0 Å². The van der Waals surface area contributed by atoms with Gasteiger partial charge in [-0.1, -0.05) is 20.3 Å². The molecule has 1 saturated carbocycles. The molecule has 1 aliphatic carbocycles. The standard InChI is InChI=1S/C14H25N3O4/c1-14(2)7-3-4-9(8-14)16-13(21)17-10(12(19)20)5-6-11(15)18/h9-10H,3-8H2,1-2H3,(H2,15,18)(H,19,20)(H2,16,17,21). The van der Waals surface area contributed by atoms with Crippen LogP contribution in [0.1, 0.15) is 52.4 Å². The van der Waals surface area contributed by atoms with E-state index in [-0.39, 0.29) is 24.3 Å². The largest absolute Gasteiger partial charge is 0.480 e. The van der Waals surface area contributed by atoms with Gasteiger partial charge in [0, 0.05) is 12.5 Å². The predicted molar refractivity (Wildman–Crippen MR) is 77.6 cm³/mol. The van der Waals surface area contributed by atoms with Crippen LogP contribution in [-0.2, 0) is 9.59 Å². The molecule has 5 N–H and O–H groups in total. The van der Waals surface area contributed by atoms with E-state index in [0.29, 0.717) is 0 Å². The highest BCUT2D eigenvalue weighted by Crippen LogP contribution is 2.34. The Morgan fingerprint density at radius 2 is 2.05 bits per heavy atom. The smallest absolute Gasteiger partial charge is 0.326 e. The number of rotatable bonds is 6. The topological polar surface area (TPSA) is 122 Å². The second kappa shape index (κ2) is 7.28. The number of nitrogens with one attached hydrogen (secondary N) is 2. The molecule has 0 aromatic heterocycles. The average Bonchev–Trinajstić information content (AvgIpc) is 2.32. The fourth-order valence-corrected chi connectivity index (χ4v) is 2.75. The van der Waals surface area contributed by atoms with Crippen molar-refractivity contribution < 1.29 is 19.5 Å². The van der Waals surface area contributed by atoms with Gasteiger partial charge in [0.05, 0.1) is 0 Å². The Bertz CT molecular complexity index is 409. The molecule has 0 aliphatic heterocycles. The van der Waals surface area contributed by atoms with Gasteiger partial charge in [0.2, 0.25) is 5.91 Å². The van der Waals surface area contributed by atoms with Crippen molar-refractivity contribution in [1.82, 2.24) is 10.6 Å². The van der Waals surface area contributed by atoms with Crippen molar-refractivity contribution in [1.29, 1.82) is 0 Å². The number of carboxylic acids is 1. The summed E-state index contributed by atoms with van der Waals surface area (Å²) in [7, 11) is 0. The van der Waals surface area contributed by atoms with Crippen molar-refractivity contribution in [2.24, 2.45) is 11.1 Å². The molecule has 0 spiro atoms. The van der Waals surface area contributed by atoms with Crippen LogP contribution in [0.3, 0.4) is 0 Å². The maximum absolute atomic E-state index is 11.9. The Hall–Kier alpha value is -1.79. The first-order valence-electron chi connectivity index (χ1n) is 7.28. The third-order valence-electron chi connectivity index (χ3n) is 3.82. The van der Waals surface area contributed by atoms with Crippen LogP contribution in [0.5, 0.6) is 0 Å². The van der Waals surface area contributed by atoms with Crippen LogP contribution in [0.2, 0.25) is 0 Å². The maximum atomic E-state index is 11.9. The van der Waals surface area contributed by atoms with Crippen LogP contribution in [0.25, 0.3) is 0 Å². The van der Waals surface area contributed by atoms with E-state index in [1.54, 1.807) is 0 Å². The molecule has 1 aliphatic rings. The number of urea groups is 1. The lowest BCUT2D eigenvalue weighted by Crippen LogP contribution is -2.50. The number of amides is 3. The third-order valence-corrected chi connectivity index (χ3v) is 3.82. The summed E-state index contributed by atoms with van der Waals surface area (Å²) in [6, 6.07) is -1.55. The van der Waals surface area contributed by atoms with E-state index >= 15 is 0 Å². The molecule has 21 heavy (non-hydrogen) atoms. The number of aliphatic carboxylic acids is 1. The number of carbonyl (C=O) groups excluding carboxylic acids is 2. The monoisotopic (exact) mass is 299 g/mol. The summed E-state index contributed by atoms with van der Waals surface area (Å²) in [6.45, 7) is 4.32. The van der Waals surface area contributed by atoms with Crippen LogP contribution in [-0.4, -0.2) is 35.1 Å². The van der Waals surface area contributed by atoms with Crippen molar-refractivity contribution in [3.8, 4) is 0 Å². The maximum Gasteiger partial charge on any atom is 0.326 e. The van der Waals surface area contributed by atoms with Gasteiger partial charge in [0.25, 0.3) is 0 Å². The van der Waals surface area contributed by atoms with Gasteiger partial charge in [0.15, 0.2) is 0 Å². The zero-order valence-electron chi connectivity index (χ0n) is 12.6. The lowest BCUT2D eigenvalue weighted by molar-refractivity contribution is -0.139. The molecule has 7 heteroatoms. The Kier molecular flexibility index (Phi) is 5.99. The summed E-state index contributed by atoms with van der Waals surface area (Å²) in [6.07, 6.45) is 3.86. The lowest BCUT2D eigenvalue weighted by atomic mass is 9.75. The molecule has 3 amide bonds. The third kappa shape index (κ3) is 6.46. The van der Waals surface area contributed by atoms with Gasteiger partial charge in [-0.3, -0.25) is 4.79 Å². The van der Waals surface area contributed by atoms with Crippen LogP contribution in [0.4, 0.5) is 4.79 Å². The zero-order chi connectivity index (χ0) is 16.0. The first kappa shape index (κ1) is 17.3. The van der Waals surface area contributed by atoms with E-state index in [1.165, 1.54) is 0 Å². The molecule has 2 atom stereocenters. The molecular weight excluding hydrogens is 274 g/mol. The second-order valence-electron chi connectivity index (χ2n) is 6.47. The van der Waals surface area contributed by atoms with Crippen molar-refractivity contribution in [3.05, 3.63) is 0 Å². The number of carboxylic acid groups (broad SMARTS) is 1. The zero-order valence-corrected chi connectivity index (χ0v) is 12.6. The summed E-state index contributed by atoms with van der Waals surface area (Å²) in [4.78, 5) is 33.6. The van der Waals surface area contributed by atoms with Crippen LogP contribution in [0.15, 0.2) is 0 Å². The van der Waals surface area contributed by atoms with Gasteiger partial charge in [-0.2, -0.15) is 0 Å². The molecule has 7 nitrogen and oxygen atoms in total. The molecule has 0 aromatic rings. The van der Waals surface area contributed by atoms with Crippen LogP contribution < -0.4 is 16.4 Å². The van der Waals surface area contributed by atoms with E-state index in [2.05, 4.69) is 24.5 Å². The Balaban J connectivity index is 2.46. The molecule has 0 bridgehead atoms. The minimum absolute atomic E-state index is 0.00571. The molecule has 0 saturated heterocycles. The molecule has 120 valence electrons. The molecule has 2 unspecified atom stereocenters. The molecule has 1 fully saturated rings. The Morgan fingerprint density at radius 1 is 1.38 bits per heavy atom. The summed E-state index contributed by atoms with van der Waals surface area (Å²) in [5.74, 6) is -1.76. The second-order valence-corrected chi connectivity index (χ2v) is 6.47. The van der Waals surface area contributed by atoms with Gasteiger partial charge < -0.3 is 21.5 Å². The van der Waals surface area contributed by atoms with Gasteiger partial charge in [-0.05, 0) is 31.1 Å². The molecular formula is C14H25N3O4. The van der Waals surface area contributed by atoms with Crippen LogP contribution >= 0.6 is 0 Å². The van der Waals surface area contributed by atoms with E-state index in [1.807, 2.05) is 0 Å². The number of nitrogens with two attached hydrogens (primary N) is 1. The highest BCUT2D eigenvalue weighted by molar-refractivity contribution is 5.83. The minimum Gasteiger partial charge on any atom is -0.480 e. The lowest BCUT2D eigenvalue weighted by Gasteiger charge is -2.35. The van der Waals surface area contributed by atoms with E-state index in [9.17, 15) is 14.4 Å². The first-order chi connectivity index (χ1) is 9.69. The molecule has 0 aromatic carbocycles. The summed E-state index contributed by atoms with van der Waals surface area (Å²) < 4.78 is 0. The normalized spacial score (nSPS) is 22.1. The van der Waals surface area contributed by atoms with Gasteiger partial charge in [-0.25, -0.2) is 9.59 Å². The van der Waals surface area contributed by atoms with Gasteiger partial charge >= 0.3 is 12.0 Å². The summed E-state index contributed by atoms with van der Waals surface area (Å²) in [5, 5.41) is 14.2. The number of carbonyl (C=O) groups is 3. The molecule has 0 radical (unpaired) electrons. The number of primary amides is 1. The van der Waals surface area contributed by atoms with Crippen molar-refractivity contribution in [3.63, 3.8) is 0 Å². The highest BCUT2D eigenvalue weighted by Gasteiger charge is 2.29. The fourth-order valence-electron chi connectivity index (χ4n) is 2.75.